The van der Waals surface area contributed by atoms with Crippen molar-refractivity contribution in [2.75, 3.05) is 40.9 Å². The van der Waals surface area contributed by atoms with E-state index in [1.54, 1.807) is 14.2 Å². The summed E-state index contributed by atoms with van der Waals surface area (Å²) in [6, 6.07) is 5.99. The Hall–Kier alpha value is -1.75. The maximum absolute atomic E-state index is 12.5. The van der Waals surface area contributed by atoms with Crippen LogP contribution < -0.4 is 9.47 Å². The van der Waals surface area contributed by atoms with Gasteiger partial charge in [0.05, 0.1) is 14.2 Å². The van der Waals surface area contributed by atoms with E-state index >= 15 is 0 Å². The molecule has 1 amide bonds. The van der Waals surface area contributed by atoms with Gasteiger partial charge in [-0.2, -0.15) is 0 Å². The average Bonchev–Trinajstić information content (AvgIpc) is 2.65. The number of amides is 1. The molecule has 140 valence electrons. The first-order valence-corrected chi connectivity index (χ1v) is 9.27. The van der Waals surface area contributed by atoms with Crippen LogP contribution in [0.5, 0.6) is 11.5 Å². The fourth-order valence-electron chi connectivity index (χ4n) is 3.47. The predicted molar refractivity (Wildman–Crippen MR) is 100 cm³/mol. The molecule has 1 fully saturated rings. The summed E-state index contributed by atoms with van der Waals surface area (Å²) in [6.07, 6.45) is 4.07. The molecule has 1 aliphatic heterocycles. The van der Waals surface area contributed by atoms with Crippen molar-refractivity contribution in [3.63, 3.8) is 0 Å². The van der Waals surface area contributed by atoms with Crippen LogP contribution in [0.15, 0.2) is 18.2 Å². The Morgan fingerprint density at radius 2 is 1.96 bits per heavy atom. The Balaban J connectivity index is 1.90. The highest BCUT2D eigenvalue weighted by atomic mass is 16.5. The molecule has 5 nitrogen and oxygen atoms in total. The smallest absolute Gasteiger partial charge is 0.225 e. The van der Waals surface area contributed by atoms with Gasteiger partial charge in [0.2, 0.25) is 5.91 Å². The van der Waals surface area contributed by atoms with Gasteiger partial charge in [-0.05, 0) is 38.4 Å². The number of benzene rings is 1. The van der Waals surface area contributed by atoms with Crippen molar-refractivity contribution < 1.29 is 14.3 Å². The van der Waals surface area contributed by atoms with E-state index in [4.69, 9.17) is 9.47 Å². The number of hydrogen-bond donors (Lipinski definition) is 0. The molecule has 25 heavy (non-hydrogen) atoms. The summed E-state index contributed by atoms with van der Waals surface area (Å²) in [5.41, 5.74) is 1.13. The molecule has 0 aliphatic carbocycles. The van der Waals surface area contributed by atoms with Crippen molar-refractivity contribution in [1.29, 1.82) is 0 Å². The molecule has 0 saturated carbocycles. The van der Waals surface area contributed by atoms with E-state index in [-0.39, 0.29) is 5.92 Å². The van der Waals surface area contributed by atoms with Gasteiger partial charge in [0.25, 0.3) is 0 Å². The minimum atomic E-state index is 0.172. The van der Waals surface area contributed by atoms with Gasteiger partial charge in [0.15, 0.2) is 11.5 Å². The van der Waals surface area contributed by atoms with E-state index in [0.717, 1.165) is 68.9 Å². The van der Waals surface area contributed by atoms with E-state index in [1.807, 2.05) is 24.1 Å². The number of methoxy groups -OCH3 is 2. The van der Waals surface area contributed by atoms with Crippen molar-refractivity contribution in [2.45, 2.75) is 39.2 Å². The summed E-state index contributed by atoms with van der Waals surface area (Å²) < 4.78 is 10.9. The third-order valence-electron chi connectivity index (χ3n) is 5.04. The van der Waals surface area contributed by atoms with Crippen molar-refractivity contribution in [1.82, 2.24) is 9.80 Å². The molecular formula is C20H32N2O3. The predicted octanol–water partition coefficient (Wildman–Crippen LogP) is 3.17. The van der Waals surface area contributed by atoms with Crippen LogP contribution in [-0.4, -0.2) is 56.6 Å². The van der Waals surface area contributed by atoms with Gasteiger partial charge in [0, 0.05) is 31.6 Å². The molecule has 0 radical (unpaired) electrons. The van der Waals surface area contributed by atoms with Gasteiger partial charge < -0.3 is 14.4 Å². The topological polar surface area (TPSA) is 42.0 Å². The van der Waals surface area contributed by atoms with Crippen LogP contribution in [0.2, 0.25) is 0 Å². The molecule has 0 atom stereocenters. The fourth-order valence-corrected chi connectivity index (χ4v) is 3.47. The minimum absolute atomic E-state index is 0.172. The van der Waals surface area contributed by atoms with Gasteiger partial charge in [-0.15, -0.1) is 0 Å². The van der Waals surface area contributed by atoms with Crippen molar-refractivity contribution in [3.8, 4) is 11.5 Å². The van der Waals surface area contributed by atoms with Crippen LogP contribution in [0.3, 0.4) is 0 Å². The third-order valence-corrected chi connectivity index (χ3v) is 5.04. The molecule has 0 aromatic heterocycles. The zero-order chi connectivity index (χ0) is 18.2. The maximum Gasteiger partial charge on any atom is 0.225 e. The fraction of sp³-hybridized carbons (Fsp3) is 0.650. The number of likely N-dealkylation sites (tertiary alicyclic amines) is 1. The lowest BCUT2D eigenvalue weighted by atomic mass is 9.95. The second-order valence-corrected chi connectivity index (χ2v) is 6.82. The Bertz CT molecular complexity index is 554. The molecule has 0 spiro atoms. The van der Waals surface area contributed by atoms with E-state index in [2.05, 4.69) is 17.9 Å². The highest BCUT2D eigenvalue weighted by Crippen LogP contribution is 2.32. The van der Waals surface area contributed by atoms with E-state index in [9.17, 15) is 4.79 Å². The molecule has 1 aromatic rings. The van der Waals surface area contributed by atoms with Gasteiger partial charge in [0.1, 0.15) is 0 Å². The number of rotatable bonds is 8. The summed E-state index contributed by atoms with van der Waals surface area (Å²) >= 11 is 0. The van der Waals surface area contributed by atoms with Crippen LogP contribution in [0, 0.1) is 5.92 Å². The van der Waals surface area contributed by atoms with Gasteiger partial charge in [-0.25, -0.2) is 0 Å². The van der Waals surface area contributed by atoms with E-state index in [0.29, 0.717) is 5.91 Å². The molecule has 0 N–H and O–H groups in total. The number of carbonyl (C=O) groups is 1. The van der Waals surface area contributed by atoms with Gasteiger partial charge >= 0.3 is 0 Å². The third kappa shape index (κ3) is 5.11. The van der Waals surface area contributed by atoms with E-state index in [1.165, 1.54) is 0 Å². The molecule has 1 heterocycles. The van der Waals surface area contributed by atoms with Crippen LogP contribution in [0.25, 0.3) is 0 Å². The zero-order valence-corrected chi connectivity index (χ0v) is 16.1. The standard InChI is InChI=1S/C20H32N2O3/c1-5-6-12-21(2)20(23)16-10-13-22(14-11-16)15-17-8-7-9-18(24-3)19(17)25-4/h7-9,16H,5-6,10-15H2,1-4H3. The Labute approximate surface area is 151 Å². The minimum Gasteiger partial charge on any atom is -0.493 e. The first-order valence-electron chi connectivity index (χ1n) is 9.27. The monoisotopic (exact) mass is 348 g/mol. The lowest BCUT2D eigenvalue weighted by Crippen LogP contribution is -2.41. The number of nitrogens with zero attached hydrogens (tertiary/aromatic N) is 2. The van der Waals surface area contributed by atoms with Crippen molar-refractivity contribution >= 4 is 5.91 Å². The molecule has 5 heteroatoms. The molecular weight excluding hydrogens is 316 g/mol. The van der Waals surface area contributed by atoms with Crippen LogP contribution in [0.1, 0.15) is 38.2 Å². The van der Waals surface area contributed by atoms with Gasteiger partial charge in [-0.3, -0.25) is 9.69 Å². The highest BCUT2D eigenvalue weighted by Gasteiger charge is 2.27. The van der Waals surface area contributed by atoms with Crippen molar-refractivity contribution in [2.24, 2.45) is 5.92 Å². The highest BCUT2D eigenvalue weighted by molar-refractivity contribution is 5.78. The Morgan fingerprint density at radius 3 is 2.56 bits per heavy atom. The van der Waals surface area contributed by atoms with Crippen molar-refractivity contribution in [3.05, 3.63) is 23.8 Å². The SMILES string of the molecule is CCCCN(C)C(=O)C1CCN(Cc2cccc(OC)c2OC)CC1. The summed E-state index contributed by atoms with van der Waals surface area (Å²) in [5, 5.41) is 0. The molecule has 2 rings (SSSR count). The van der Waals surface area contributed by atoms with Crippen LogP contribution >= 0.6 is 0 Å². The first-order chi connectivity index (χ1) is 12.1. The number of unbranched alkanes of at least 4 members (excludes halogenated alkanes) is 1. The average molecular weight is 348 g/mol. The first kappa shape index (κ1) is 19.6. The molecule has 0 bridgehead atoms. The number of ether oxygens (including phenoxy) is 2. The Kier molecular flexibility index (Phi) is 7.56. The molecule has 1 saturated heterocycles. The second kappa shape index (κ2) is 9.66. The lowest BCUT2D eigenvalue weighted by Gasteiger charge is -2.33. The Morgan fingerprint density at radius 1 is 1.24 bits per heavy atom. The molecule has 1 aliphatic rings. The number of piperidine rings is 1. The summed E-state index contributed by atoms with van der Waals surface area (Å²) in [7, 11) is 5.28. The molecule has 0 unspecified atom stereocenters. The summed E-state index contributed by atoms with van der Waals surface area (Å²) in [4.78, 5) is 16.8. The summed E-state index contributed by atoms with van der Waals surface area (Å²) in [6.45, 7) is 5.74. The number of hydrogen-bond acceptors (Lipinski definition) is 4. The van der Waals surface area contributed by atoms with Crippen LogP contribution in [0.4, 0.5) is 0 Å². The van der Waals surface area contributed by atoms with Gasteiger partial charge in [-0.1, -0.05) is 25.5 Å². The lowest BCUT2D eigenvalue weighted by molar-refractivity contribution is -0.135. The zero-order valence-electron chi connectivity index (χ0n) is 16.1. The molecule has 1 aromatic carbocycles. The number of carbonyl (C=O) groups excluding carboxylic acids is 1. The largest absolute Gasteiger partial charge is 0.493 e. The quantitative estimate of drug-likeness (QED) is 0.724. The maximum atomic E-state index is 12.5. The van der Waals surface area contributed by atoms with E-state index < -0.39 is 0 Å². The summed E-state index contributed by atoms with van der Waals surface area (Å²) in [5.74, 6) is 2.06. The second-order valence-electron chi connectivity index (χ2n) is 6.82. The van der Waals surface area contributed by atoms with Crippen LogP contribution in [-0.2, 0) is 11.3 Å². The number of para-hydroxylation sites is 1. The normalized spacial score (nSPS) is 15.8.